The Kier molecular flexibility index (Phi) is 6.15. The van der Waals surface area contributed by atoms with Crippen molar-refractivity contribution >= 4 is 16.5 Å². The van der Waals surface area contributed by atoms with Gasteiger partial charge in [-0.05, 0) is 50.2 Å². The maximum atomic E-state index is 7.60. The summed E-state index contributed by atoms with van der Waals surface area (Å²) < 4.78 is 0. The molecule has 6 aromatic carbocycles. The topological polar surface area (TPSA) is 43.0 Å². The fourth-order valence-electron chi connectivity index (χ4n) is 6.66. The molecule has 0 N–H and O–H groups in total. The smallest absolute Gasteiger partial charge is 0.187 e. The van der Waals surface area contributed by atoms with E-state index in [1.165, 1.54) is 16.7 Å². The van der Waals surface area contributed by atoms with E-state index in [0.29, 0.717) is 23.2 Å². The molecule has 0 saturated heterocycles. The van der Waals surface area contributed by atoms with Crippen LogP contribution in [0.25, 0.3) is 72.0 Å². The van der Waals surface area contributed by atoms with Gasteiger partial charge in [-0.1, -0.05) is 141 Å². The molecule has 0 amide bonds. The molecule has 4 nitrogen and oxygen atoms in total. The minimum absolute atomic E-state index is 0.141. The molecule has 1 heterocycles. The lowest BCUT2D eigenvalue weighted by Gasteiger charge is -2.21. The van der Waals surface area contributed by atoms with E-state index in [0.717, 1.165) is 44.2 Å². The van der Waals surface area contributed by atoms with E-state index < -0.39 is 0 Å². The summed E-state index contributed by atoms with van der Waals surface area (Å²) >= 11 is 0. The number of benzene rings is 6. The monoisotopic (exact) mass is 576 g/mol. The summed E-state index contributed by atoms with van der Waals surface area (Å²) in [5, 5.41) is 2.25. The number of aromatic nitrogens is 3. The van der Waals surface area contributed by atoms with E-state index in [1.807, 2.05) is 54.6 Å². The number of fused-ring (bicyclic) bond motifs is 4. The van der Waals surface area contributed by atoms with Gasteiger partial charge in [0.05, 0.1) is 6.57 Å². The average molecular weight is 577 g/mol. The summed E-state index contributed by atoms with van der Waals surface area (Å²) in [5.41, 5.74) is 10.5. The number of hydrogen-bond donors (Lipinski definition) is 0. The third-order valence-electron chi connectivity index (χ3n) is 8.96. The molecule has 1 aliphatic carbocycles. The first kappa shape index (κ1) is 26.7. The van der Waals surface area contributed by atoms with Gasteiger partial charge in [0.1, 0.15) is 0 Å². The number of rotatable bonds is 4. The Balaban J connectivity index is 1.26. The van der Waals surface area contributed by atoms with Crippen LogP contribution >= 0.6 is 0 Å². The van der Waals surface area contributed by atoms with Crippen molar-refractivity contribution in [1.82, 2.24) is 15.0 Å². The van der Waals surface area contributed by atoms with Crippen LogP contribution in [0.2, 0.25) is 0 Å². The van der Waals surface area contributed by atoms with Gasteiger partial charge >= 0.3 is 0 Å². The van der Waals surface area contributed by atoms with E-state index >= 15 is 0 Å². The molecule has 0 spiro atoms. The van der Waals surface area contributed by atoms with E-state index in [4.69, 9.17) is 21.5 Å². The maximum Gasteiger partial charge on any atom is 0.187 e. The van der Waals surface area contributed by atoms with Crippen LogP contribution in [0.4, 0.5) is 5.69 Å². The second-order valence-corrected chi connectivity index (χ2v) is 12.0. The molecular weight excluding hydrogens is 548 g/mol. The molecule has 0 aliphatic heterocycles. The van der Waals surface area contributed by atoms with Crippen LogP contribution in [-0.4, -0.2) is 15.0 Å². The van der Waals surface area contributed by atoms with Gasteiger partial charge in [0.15, 0.2) is 23.2 Å². The third kappa shape index (κ3) is 4.41. The van der Waals surface area contributed by atoms with Crippen LogP contribution in [0.15, 0.2) is 133 Å². The average Bonchev–Trinajstić information content (AvgIpc) is 3.34. The summed E-state index contributed by atoms with van der Waals surface area (Å²) in [6.07, 6.45) is 0. The number of nitrogens with zero attached hydrogens (tertiary/aromatic N) is 4. The lowest BCUT2D eigenvalue weighted by molar-refractivity contribution is 0.660. The lowest BCUT2D eigenvalue weighted by atomic mass is 9.82. The van der Waals surface area contributed by atoms with Crippen LogP contribution in [0.1, 0.15) is 25.0 Å². The van der Waals surface area contributed by atoms with Crippen LogP contribution < -0.4 is 0 Å². The highest BCUT2D eigenvalue weighted by molar-refractivity contribution is 5.96. The summed E-state index contributed by atoms with van der Waals surface area (Å²) in [7, 11) is 0. The Bertz CT molecular complexity index is 2290. The minimum Gasteiger partial charge on any atom is -0.238 e. The Labute approximate surface area is 262 Å². The van der Waals surface area contributed by atoms with Crippen molar-refractivity contribution in [3.63, 3.8) is 0 Å². The highest BCUT2D eigenvalue weighted by Gasteiger charge is 2.36. The Morgan fingerprint density at radius 2 is 1.13 bits per heavy atom. The molecule has 0 radical (unpaired) electrons. The minimum atomic E-state index is -0.141. The molecule has 212 valence electrons. The van der Waals surface area contributed by atoms with Crippen LogP contribution in [0.3, 0.4) is 0 Å². The van der Waals surface area contributed by atoms with Gasteiger partial charge in [0.2, 0.25) is 0 Å². The van der Waals surface area contributed by atoms with Gasteiger partial charge < -0.3 is 0 Å². The van der Waals surface area contributed by atoms with Crippen molar-refractivity contribution in [2.24, 2.45) is 0 Å². The van der Waals surface area contributed by atoms with Gasteiger partial charge in [-0.2, -0.15) is 0 Å². The van der Waals surface area contributed by atoms with Crippen LogP contribution in [-0.2, 0) is 5.41 Å². The van der Waals surface area contributed by atoms with E-state index in [1.54, 1.807) is 0 Å². The summed E-state index contributed by atoms with van der Waals surface area (Å²) in [6.45, 7) is 12.1. The highest BCUT2D eigenvalue weighted by atomic mass is 15.0. The Morgan fingerprint density at radius 3 is 1.91 bits per heavy atom. The fraction of sp³-hybridized carbons (Fsp3) is 0.0732. The molecule has 7 aromatic rings. The summed E-state index contributed by atoms with van der Waals surface area (Å²) in [4.78, 5) is 18.7. The molecule has 0 saturated carbocycles. The molecule has 0 fully saturated rings. The largest absolute Gasteiger partial charge is 0.238 e. The molecule has 1 aliphatic rings. The molecule has 0 bridgehead atoms. The highest BCUT2D eigenvalue weighted by Crippen LogP contribution is 2.53. The zero-order valence-electron chi connectivity index (χ0n) is 25.0. The van der Waals surface area contributed by atoms with Crippen LogP contribution in [0, 0.1) is 6.57 Å². The lowest BCUT2D eigenvalue weighted by Crippen LogP contribution is -2.14. The van der Waals surface area contributed by atoms with Gasteiger partial charge in [0.25, 0.3) is 0 Å². The van der Waals surface area contributed by atoms with Crippen molar-refractivity contribution in [3.8, 4) is 56.4 Å². The molecule has 4 heteroatoms. The predicted molar refractivity (Wildman–Crippen MR) is 183 cm³/mol. The van der Waals surface area contributed by atoms with Crippen molar-refractivity contribution in [2.45, 2.75) is 19.3 Å². The molecule has 1 aromatic heterocycles. The molecule has 0 unspecified atom stereocenters. The first-order valence-corrected chi connectivity index (χ1v) is 15.1. The Hall–Kier alpha value is -5.92. The maximum absolute atomic E-state index is 7.60. The first-order chi connectivity index (χ1) is 22.0. The first-order valence-electron chi connectivity index (χ1n) is 15.1. The van der Waals surface area contributed by atoms with Crippen molar-refractivity contribution in [3.05, 3.63) is 156 Å². The van der Waals surface area contributed by atoms with Crippen molar-refractivity contribution in [1.29, 1.82) is 0 Å². The van der Waals surface area contributed by atoms with Gasteiger partial charge in [-0.25, -0.2) is 19.8 Å². The second-order valence-electron chi connectivity index (χ2n) is 12.0. The zero-order chi connectivity index (χ0) is 30.5. The molecule has 0 atom stereocenters. The SMILES string of the molecule is [C-]#[N+]c1ccc2c(c1)-c1c(-c3ccc(-c4nc(-c5ccccc5)nc(-c5cccc6ccccc56)n4)cc3)cccc1C2(C)C. The number of hydrogen-bond acceptors (Lipinski definition) is 3. The van der Waals surface area contributed by atoms with Gasteiger partial charge in [-0.15, -0.1) is 0 Å². The van der Waals surface area contributed by atoms with Gasteiger partial charge in [-0.3, -0.25) is 0 Å². The van der Waals surface area contributed by atoms with E-state index in [9.17, 15) is 0 Å². The predicted octanol–water partition coefficient (Wildman–Crippen LogP) is 10.5. The van der Waals surface area contributed by atoms with Crippen LogP contribution in [0.5, 0.6) is 0 Å². The summed E-state index contributed by atoms with van der Waals surface area (Å²) in [6, 6.07) is 45.8. The van der Waals surface area contributed by atoms with E-state index in [2.05, 4.69) is 97.6 Å². The van der Waals surface area contributed by atoms with Gasteiger partial charge in [0, 0.05) is 22.1 Å². The van der Waals surface area contributed by atoms with E-state index in [-0.39, 0.29) is 5.41 Å². The zero-order valence-corrected chi connectivity index (χ0v) is 25.0. The standard InChI is InChI=1S/C41H28N4/c1-41(2)35-24-23-30(42-3)25-34(35)37-32(16-10-18-36(37)41)27-19-21-29(22-20-27)39-43-38(28-12-5-4-6-13-28)44-40(45-39)33-17-9-14-26-11-7-8-15-31(26)33/h4-25H,1-2H3. The summed E-state index contributed by atoms with van der Waals surface area (Å²) in [5.74, 6) is 1.92. The van der Waals surface area contributed by atoms with Crippen molar-refractivity contribution in [2.75, 3.05) is 0 Å². The fourth-order valence-corrected chi connectivity index (χ4v) is 6.66. The second kappa shape index (κ2) is 10.4. The molecular formula is C41H28N4. The third-order valence-corrected chi connectivity index (χ3v) is 8.96. The Morgan fingerprint density at radius 1 is 0.511 bits per heavy atom. The normalized spacial score (nSPS) is 12.8. The quantitative estimate of drug-likeness (QED) is 0.196. The molecule has 45 heavy (non-hydrogen) atoms. The van der Waals surface area contributed by atoms with Crippen molar-refractivity contribution < 1.29 is 0 Å². The molecule has 8 rings (SSSR count).